The van der Waals surface area contributed by atoms with E-state index in [2.05, 4.69) is 15.7 Å². The number of nitrogens with one attached hydrogen (secondary N) is 2. The van der Waals surface area contributed by atoms with Gasteiger partial charge in [0.15, 0.2) is 0 Å². The van der Waals surface area contributed by atoms with Gasteiger partial charge in [-0.15, -0.1) is 0 Å². The van der Waals surface area contributed by atoms with Crippen LogP contribution >= 0.6 is 0 Å². The maximum absolute atomic E-state index is 13.4. The van der Waals surface area contributed by atoms with Gasteiger partial charge in [-0.1, -0.05) is 6.07 Å². The number of urea groups is 1. The molecule has 8 heteroatoms. The number of nitrogens with zero attached hydrogens (tertiary/aromatic N) is 3. The SMILES string of the molecule is Cn1cc(CNC(=O)N[C@@H]2CCCN(c3cccc(F)c3)C2=O)cn1. The highest BCUT2D eigenvalue weighted by molar-refractivity contribution is 5.99. The largest absolute Gasteiger partial charge is 0.334 e. The fourth-order valence-corrected chi connectivity index (χ4v) is 2.86. The first kappa shape index (κ1) is 16.9. The van der Waals surface area contributed by atoms with Crippen molar-refractivity contribution in [3.8, 4) is 0 Å². The van der Waals surface area contributed by atoms with Crippen molar-refractivity contribution in [1.82, 2.24) is 20.4 Å². The smallest absolute Gasteiger partial charge is 0.315 e. The Hall–Kier alpha value is -2.90. The summed E-state index contributed by atoms with van der Waals surface area (Å²) in [6.07, 6.45) is 4.76. The molecule has 1 atom stereocenters. The Morgan fingerprint density at radius 3 is 3.00 bits per heavy atom. The van der Waals surface area contributed by atoms with Gasteiger partial charge in [-0.3, -0.25) is 9.48 Å². The zero-order chi connectivity index (χ0) is 17.8. The van der Waals surface area contributed by atoms with E-state index in [0.717, 1.165) is 12.0 Å². The Bertz CT molecular complexity index is 776. The fraction of sp³-hybridized carbons (Fsp3) is 0.353. The van der Waals surface area contributed by atoms with E-state index in [1.807, 2.05) is 0 Å². The molecule has 0 radical (unpaired) electrons. The van der Waals surface area contributed by atoms with E-state index in [-0.39, 0.29) is 5.91 Å². The van der Waals surface area contributed by atoms with Crippen molar-refractivity contribution in [2.75, 3.05) is 11.4 Å². The Morgan fingerprint density at radius 2 is 2.28 bits per heavy atom. The maximum Gasteiger partial charge on any atom is 0.315 e. The normalized spacial score (nSPS) is 17.4. The summed E-state index contributed by atoms with van der Waals surface area (Å²) in [6.45, 7) is 0.839. The molecule has 0 spiro atoms. The Kier molecular flexibility index (Phi) is 4.97. The predicted molar refractivity (Wildman–Crippen MR) is 90.4 cm³/mol. The van der Waals surface area contributed by atoms with Gasteiger partial charge >= 0.3 is 6.03 Å². The number of carbonyl (C=O) groups is 2. The molecule has 2 heterocycles. The van der Waals surface area contributed by atoms with Crippen molar-refractivity contribution in [3.05, 3.63) is 48.0 Å². The molecule has 1 aromatic heterocycles. The average Bonchev–Trinajstić information content (AvgIpc) is 3.00. The van der Waals surface area contributed by atoms with Crippen LogP contribution in [0.1, 0.15) is 18.4 Å². The third kappa shape index (κ3) is 4.14. The molecule has 1 fully saturated rings. The molecule has 0 aliphatic carbocycles. The molecule has 1 saturated heterocycles. The molecule has 2 N–H and O–H groups in total. The van der Waals surface area contributed by atoms with E-state index in [4.69, 9.17) is 0 Å². The lowest BCUT2D eigenvalue weighted by molar-refractivity contribution is -0.121. The van der Waals surface area contributed by atoms with Crippen molar-refractivity contribution in [2.24, 2.45) is 7.05 Å². The molecule has 25 heavy (non-hydrogen) atoms. The first-order valence-electron chi connectivity index (χ1n) is 8.12. The van der Waals surface area contributed by atoms with E-state index >= 15 is 0 Å². The molecule has 0 unspecified atom stereocenters. The summed E-state index contributed by atoms with van der Waals surface area (Å²) in [4.78, 5) is 26.2. The Labute approximate surface area is 144 Å². The number of aryl methyl sites for hydroxylation is 1. The predicted octanol–water partition coefficient (Wildman–Crippen LogP) is 1.55. The summed E-state index contributed by atoms with van der Waals surface area (Å²) in [5.74, 6) is -0.622. The van der Waals surface area contributed by atoms with Crippen LogP contribution in [0.15, 0.2) is 36.7 Å². The number of hydrogen-bond acceptors (Lipinski definition) is 3. The van der Waals surface area contributed by atoms with Gasteiger partial charge in [-0.2, -0.15) is 5.10 Å². The lowest BCUT2D eigenvalue weighted by Gasteiger charge is -2.32. The van der Waals surface area contributed by atoms with E-state index in [0.29, 0.717) is 25.2 Å². The van der Waals surface area contributed by atoms with Gasteiger partial charge in [0, 0.05) is 37.6 Å². The molecule has 0 saturated carbocycles. The molecule has 1 aliphatic heterocycles. The number of piperidine rings is 1. The second kappa shape index (κ2) is 7.33. The second-order valence-electron chi connectivity index (χ2n) is 6.01. The maximum atomic E-state index is 13.4. The van der Waals surface area contributed by atoms with E-state index < -0.39 is 17.9 Å². The molecule has 132 valence electrons. The van der Waals surface area contributed by atoms with Crippen LogP contribution in [0.4, 0.5) is 14.9 Å². The topological polar surface area (TPSA) is 79.3 Å². The summed E-state index contributed by atoms with van der Waals surface area (Å²) >= 11 is 0. The van der Waals surface area contributed by atoms with Crippen molar-refractivity contribution >= 4 is 17.6 Å². The second-order valence-corrected chi connectivity index (χ2v) is 6.01. The van der Waals surface area contributed by atoms with Crippen LogP contribution in [0.2, 0.25) is 0 Å². The van der Waals surface area contributed by atoms with Crippen molar-refractivity contribution < 1.29 is 14.0 Å². The molecule has 0 bridgehead atoms. The third-order valence-electron chi connectivity index (χ3n) is 4.08. The van der Waals surface area contributed by atoms with E-state index in [9.17, 15) is 14.0 Å². The number of aromatic nitrogens is 2. The highest BCUT2D eigenvalue weighted by atomic mass is 19.1. The molecular weight excluding hydrogens is 325 g/mol. The van der Waals surface area contributed by atoms with Gasteiger partial charge in [-0.05, 0) is 31.0 Å². The lowest BCUT2D eigenvalue weighted by Crippen LogP contribution is -2.54. The lowest BCUT2D eigenvalue weighted by atomic mass is 10.0. The van der Waals surface area contributed by atoms with Gasteiger partial charge in [0.05, 0.1) is 6.20 Å². The summed E-state index contributed by atoms with van der Waals surface area (Å²) in [5.41, 5.74) is 1.38. The number of anilines is 1. The minimum absolute atomic E-state index is 0.228. The fourth-order valence-electron chi connectivity index (χ4n) is 2.86. The summed E-state index contributed by atoms with van der Waals surface area (Å²) in [5, 5.41) is 9.43. The minimum Gasteiger partial charge on any atom is -0.334 e. The van der Waals surface area contributed by atoms with Gasteiger partial charge in [0.2, 0.25) is 5.91 Å². The van der Waals surface area contributed by atoms with Crippen LogP contribution in [-0.2, 0) is 18.4 Å². The summed E-state index contributed by atoms with van der Waals surface area (Å²) < 4.78 is 15.0. The quantitative estimate of drug-likeness (QED) is 0.882. The average molecular weight is 345 g/mol. The van der Waals surface area contributed by atoms with Crippen LogP contribution in [0.5, 0.6) is 0 Å². The Morgan fingerprint density at radius 1 is 1.44 bits per heavy atom. The third-order valence-corrected chi connectivity index (χ3v) is 4.08. The highest BCUT2D eigenvalue weighted by Gasteiger charge is 2.30. The van der Waals surface area contributed by atoms with Gasteiger partial charge < -0.3 is 15.5 Å². The van der Waals surface area contributed by atoms with Crippen molar-refractivity contribution in [1.29, 1.82) is 0 Å². The first-order valence-corrected chi connectivity index (χ1v) is 8.12. The number of amides is 3. The van der Waals surface area contributed by atoms with Crippen molar-refractivity contribution in [2.45, 2.75) is 25.4 Å². The summed E-state index contributed by atoms with van der Waals surface area (Å²) in [6, 6.07) is 4.87. The zero-order valence-electron chi connectivity index (χ0n) is 13.9. The molecule has 7 nitrogen and oxygen atoms in total. The Balaban J connectivity index is 1.58. The molecule has 2 aromatic rings. The summed E-state index contributed by atoms with van der Waals surface area (Å²) in [7, 11) is 1.80. The van der Waals surface area contributed by atoms with Gasteiger partial charge in [0.25, 0.3) is 0 Å². The zero-order valence-corrected chi connectivity index (χ0v) is 13.9. The first-order chi connectivity index (χ1) is 12.0. The standard InChI is InChI=1S/C17H20FN5O2/c1-22-11-12(10-20-22)9-19-17(25)21-15-6-3-7-23(16(15)24)14-5-2-4-13(18)8-14/h2,4-5,8,10-11,15H,3,6-7,9H2,1H3,(H2,19,21,25)/t15-/m1/s1. The van der Waals surface area contributed by atoms with Crippen LogP contribution < -0.4 is 15.5 Å². The molecule has 1 aromatic carbocycles. The van der Waals surface area contributed by atoms with Crippen molar-refractivity contribution in [3.63, 3.8) is 0 Å². The number of hydrogen-bond donors (Lipinski definition) is 2. The molecule has 3 amide bonds. The molecule has 1 aliphatic rings. The van der Waals surface area contributed by atoms with Crippen LogP contribution in [-0.4, -0.2) is 34.3 Å². The van der Waals surface area contributed by atoms with E-state index in [1.165, 1.54) is 17.0 Å². The van der Waals surface area contributed by atoms with E-state index in [1.54, 1.807) is 36.3 Å². The monoisotopic (exact) mass is 345 g/mol. The van der Waals surface area contributed by atoms with Crippen LogP contribution in [0.3, 0.4) is 0 Å². The van der Waals surface area contributed by atoms with Gasteiger partial charge in [0.1, 0.15) is 11.9 Å². The number of carbonyl (C=O) groups excluding carboxylic acids is 2. The van der Waals surface area contributed by atoms with Gasteiger partial charge in [-0.25, -0.2) is 9.18 Å². The number of benzene rings is 1. The minimum atomic E-state index is -0.620. The number of rotatable bonds is 4. The molecule has 3 rings (SSSR count). The van der Waals surface area contributed by atoms with Crippen LogP contribution in [0.25, 0.3) is 0 Å². The van der Waals surface area contributed by atoms with Crippen LogP contribution in [0, 0.1) is 5.82 Å². The number of halogens is 1. The highest BCUT2D eigenvalue weighted by Crippen LogP contribution is 2.21. The molecular formula is C17H20FN5O2.